The number of nitrogens with one attached hydrogen (secondary N) is 1. The van der Waals surface area contributed by atoms with Crippen molar-refractivity contribution in [2.75, 3.05) is 19.6 Å². The Morgan fingerprint density at radius 2 is 2.10 bits per heavy atom. The van der Waals surface area contributed by atoms with E-state index in [-0.39, 0.29) is 5.91 Å². The van der Waals surface area contributed by atoms with Crippen molar-refractivity contribution in [1.82, 2.24) is 20.0 Å². The van der Waals surface area contributed by atoms with Crippen molar-refractivity contribution in [2.45, 2.75) is 52.6 Å². The zero-order valence-electron chi connectivity index (χ0n) is 12.7. The summed E-state index contributed by atoms with van der Waals surface area (Å²) in [7, 11) is 0. The molecule has 1 saturated heterocycles. The van der Waals surface area contributed by atoms with Gasteiger partial charge in [0, 0.05) is 39.1 Å². The molecule has 1 amide bonds. The average molecular weight is 278 g/mol. The second kappa shape index (κ2) is 7.43. The summed E-state index contributed by atoms with van der Waals surface area (Å²) in [6.07, 6.45) is 4.18. The molecule has 0 unspecified atom stereocenters. The summed E-state index contributed by atoms with van der Waals surface area (Å²) in [5.41, 5.74) is 2.24. The molecule has 1 aliphatic rings. The van der Waals surface area contributed by atoms with Crippen molar-refractivity contribution in [3.63, 3.8) is 0 Å². The first-order valence-electron chi connectivity index (χ1n) is 7.72. The molecule has 1 aromatic heterocycles. The Bertz CT molecular complexity index is 435. The number of carbonyl (C=O) groups is 1. The van der Waals surface area contributed by atoms with E-state index in [9.17, 15) is 4.79 Å². The lowest BCUT2D eigenvalue weighted by Gasteiger charge is -2.26. The number of aromatic nitrogens is 2. The highest BCUT2D eigenvalue weighted by Gasteiger charge is 2.15. The monoisotopic (exact) mass is 278 g/mol. The highest BCUT2D eigenvalue weighted by molar-refractivity contribution is 5.76. The zero-order valence-corrected chi connectivity index (χ0v) is 12.7. The minimum Gasteiger partial charge on any atom is -0.343 e. The van der Waals surface area contributed by atoms with E-state index in [1.165, 1.54) is 12.1 Å². The number of likely N-dealkylation sites (tertiary alicyclic amines) is 1. The molecule has 1 fully saturated rings. The molecular weight excluding hydrogens is 252 g/mol. The second-order valence-electron chi connectivity index (χ2n) is 5.46. The van der Waals surface area contributed by atoms with Crippen LogP contribution in [0.2, 0.25) is 0 Å². The van der Waals surface area contributed by atoms with Crippen LogP contribution in [0.1, 0.15) is 44.0 Å². The molecule has 1 aliphatic heterocycles. The molecule has 5 heteroatoms. The highest BCUT2D eigenvalue weighted by atomic mass is 16.2. The van der Waals surface area contributed by atoms with Gasteiger partial charge in [0.1, 0.15) is 0 Å². The predicted octanol–water partition coefficient (Wildman–Crippen LogP) is 1.70. The normalized spacial score (nSPS) is 15.6. The number of hydrogen-bond donors (Lipinski definition) is 1. The highest BCUT2D eigenvalue weighted by Crippen LogP contribution is 2.09. The van der Waals surface area contributed by atoms with E-state index in [1.54, 1.807) is 0 Å². The molecule has 5 nitrogen and oxygen atoms in total. The van der Waals surface area contributed by atoms with Crippen LogP contribution in [0.3, 0.4) is 0 Å². The molecule has 2 heterocycles. The summed E-state index contributed by atoms with van der Waals surface area (Å²) in [4.78, 5) is 14.0. The second-order valence-corrected chi connectivity index (χ2v) is 5.46. The quantitative estimate of drug-likeness (QED) is 0.806. The number of piperidine rings is 1. The summed E-state index contributed by atoms with van der Waals surface area (Å²) in [6.45, 7) is 8.40. The van der Waals surface area contributed by atoms with Crippen molar-refractivity contribution in [2.24, 2.45) is 0 Å². The maximum atomic E-state index is 12.0. The third-order valence-electron chi connectivity index (χ3n) is 3.82. The van der Waals surface area contributed by atoms with Crippen LogP contribution in [0.5, 0.6) is 0 Å². The predicted molar refractivity (Wildman–Crippen MR) is 79.4 cm³/mol. The lowest BCUT2D eigenvalue weighted by molar-refractivity contribution is -0.131. The summed E-state index contributed by atoms with van der Waals surface area (Å²) in [5.74, 6) is 0.289. The molecule has 0 bridgehead atoms. The van der Waals surface area contributed by atoms with Crippen LogP contribution in [0.4, 0.5) is 0 Å². The van der Waals surface area contributed by atoms with Crippen LogP contribution in [0.25, 0.3) is 0 Å². The molecular formula is C15H26N4O. The van der Waals surface area contributed by atoms with E-state index in [0.717, 1.165) is 51.3 Å². The molecule has 0 aromatic carbocycles. The fraction of sp³-hybridized carbons (Fsp3) is 0.733. The van der Waals surface area contributed by atoms with E-state index in [0.29, 0.717) is 6.42 Å². The Morgan fingerprint density at radius 1 is 1.35 bits per heavy atom. The van der Waals surface area contributed by atoms with Crippen molar-refractivity contribution in [1.29, 1.82) is 0 Å². The summed E-state index contributed by atoms with van der Waals surface area (Å²) in [6, 6.07) is 2.10. The van der Waals surface area contributed by atoms with Gasteiger partial charge in [-0.1, -0.05) is 0 Å². The van der Waals surface area contributed by atoms with Crippen LogP contribution < -0.4 is 5.32 Å². The Morgan fingerprint density at radius 3 is 2.80 bits per heavy atom. The van der Waals surface area contributed by atoms with E-state index in [2.05, 4.69) is 23.4 Å². The van der Waals surface area contributed by atoms with Gasteiger partial charge in [0.25, 0.3) is 0 Å². The van der Waals surface area contributed by atoms with Gasteiger partial charge in [-0.15, -0.1) is 0 Å². The standard InChI is InChI=1S/C15H26N4O/c1-3-19-14(11-13(2)17-19)12-16-8-7-15(20)18-9-5-4-6-10-18/h11,16H,3-10,12H2,1-2H3. The third-order valence-corrected chi connectivity index (χ3v) is 3.82. The van der Waals surface area contributed by atoms with E-state index < -0.39 is 0 Å². The molecule has 20 heavy (non-hydrogen) atoms. The molecule has 112 valence electrons. The summed E-state index contributed by atoms with van der Waals surface area (Å²) >= 11 is 0. The van der Waals surface area contributed by atoms with Gasteiger partial charge >= 0.3 is 0 Å². The van der Waals surface area contributed by atoms with Gasteiger partial charge in [-0.3, -0.25) is 9.48 Å². The lowest BCUT2D eigenvalue weighted by Crippen LogP contribution is -2.37. The molecule has 2 rings (SSSR count). The van der Waals surface area contributed by atoms with Gasteiger partial charge in [0.2, 0.25) is 5.91 Å². The van der Waals surface area contributed by atoms with E-state index in [4.69, 9.17) is 0 Å². The Balaban J connectivity index is 1.69. The van der Waals surface area contributed by atoms with E-state index >= 15 is 0 Å². The van der Waals surface area contributed by atoms with Crippen molar-refractivity contribution < 1.29 is 4.79 Å². The smallest absolute Gasteiger partial charge is 0.223 e. The molecule has 0 radical (unpaired) electrons. The maximum Gasteiger partial charge on any atom is 0.223 e. The first-order valence-corrected chi connectivity index (χ1v) is 7.72. The number of aryl methyl sites for hydroxylation is 2. The topological polar surface area (TPSA) is 50.2 Å². The van der Waals surface area contributed by atoms with Crippen molar-refractivity contribution in [3.8, 4) is 0 Å². The molecule has 0 aliphatic carbocycles. The average Bonchev–Trinajstić information content (AvgIpc) is 2.84. The van der Waals surface area contributed by atoms with Gasteiger partial charge in [-0.25, -0.2) is 0 Å². The number of carbonyl (C=O) groups excluding carboxylic acids is 1. The minimum atomic E-state index is 0.289. The van der Waals surface area contributed by atoms with E-state index in [1.807, 2.05) is 16.5 Å². The van der Waals surface area contributed by atoms with Crippen LogP contribution in [0.15, 0.2) is 6.07 Å². The Hall–Kier alpha value is -1.36. The van der Waals surface area contributed by atoms with Gasteiger partial charge in [0.05, 0.1) is 11.4 Å². The third kappa shape index (κ3) is 4.07. The lowest BCUT2D eigenvalue weighted by atomic mass is 10.1. The zero-order chi connectivity index (χ0) is 14.4. The number of rotatable bonds is 6. The fourth-order valence-corrected chi connectivity index (χ4v) is 2.73. The first-order chi connectivity index (χ1) is 9.70. The van der Waals surface area contributed by atoms with Crippen LogP contribution >= 0.6 is 0 Å². The molecule has 1 N–H and O–H groups in total. The SMILES string of the molecule is CCn1nc(C)cc1CNCCC(=O)N1CCCCC1. The number of amides is 1. The molecule has 0 spiro atoms. The summed E-state index contributed by atoms with van der Waals surface area (Å²) < 4.78 is 2.01. The minimum absolute atomic E-state index is 0.289. The maximum absolute atomic E-state index is 12.0. The van der Waals surface area contributed by atoms with Crippen LogP contribution in [0, 0.1) is 6.92 Å². The van der Waals surface area contributed by atoms with Crippen molar-refractivity contribution in [3.05, 3.63) is 17.5 Å². The van der Waals surface area contributed by atoms with Crippen LogP contribution in [-0.4, -0.2) is 40.2 Å². The van der Waals surface area contributed by atoms with Gasteiger partial charge in [-0.2, -0.15) is 5.10 Å². The Kier molecular flexibility index (Phi) is 5.59. The fourth-order valence-electron chi connectivity index (χ4n) is 2.73. The van der Waals surface area contributed by atoms with Crippen molar-refractivity contribution >= 4 is 5.91 Å². The largest absolute Gasteiger partial charge is 0.343 e. The van der Waals surface area contributed by atoms with Gasteiger partial charge in [-0.05, 0) is 39.2 Å². The first kappa shape index (κ1) is 15.0. The molecule has 1 aromatic rings. The Labute approximate surface area is 121 Å². The molecule has 0 atom stereocenters. The number of nitrogens with zero attached hydrogens (tertiary/aromatic N) is 3. The molecule has 0 saturated carbocycles. The van der Waals surface area contributed by atoms with Gasteiger partial charge < -0.3 is 10.2 Å². The van der Waals surface area contributed by atoms with Gasteiger partial charge in [0.15, 0.2) is 0 Å². The van der Waals surface area contributed by atoms with Crippen LogP contribution in [-0.2, 0) is 17.9 Å². The number of hydrogen-bond acceptors (Lipinski definition) is 3. The summed E-state index contributed by atoms with van der Waals surface area (Å²) in [5, 5.41) is 7.77.